The molecule has 0 aliphatic carbocycles. The molecule has 1 aromatic heterocycles. The molecule has 1 N–H and O–H groups in total. The van der Waals surface area contributed by atoms with Crippen molar-refractivity contribution < 1.29 is 0 Å². The number of unbranched alkanes of at least 4 members (excludes halogenated alkanes) is 4. The maximum absolute atomic E-state index is 4.36. The topological polar surface area (TPSA) is 45.5 Å². The first-order valence-corrected chi connectivity index (χ1v) is 8.69. The summed E-state index contributed by atoms with van der Waals surface area (Å²) in [4.78, 5) is 10.8. The molecule has 0 unspecified atom stereocenters. The summed E-state index contributed by atoms with van der Waals surface area (Å²) in [7, 11) is 3.96. The van der Waals surface area contributed by atoms with Crippen molar-refractivity contribution in [3.63, 3.8) is 0 Å². The van der Waals surface area contributed by atoms with E-state index in [0.29, 0.717) is 0 Å². The standard InChI is InChI=1S/C18H33N5/c1-5-6-7-8-10-14-22(4)18(19-3)21-12-9-11-15-23-16-13-20-17(23)2/h5,13,16H,1,6-12,14-15H2,2-4H3,(H,19,21). The molecule has 0 saturated heterocycles. The first kappa shape index (κ1) is 19.3. The Morgan fingerprint density at radius 2 is 2.17 bits per heavy atom. The minimum Gasteiger partial charge on any atom is -0.356 e. The fraction of sp³-hybridized carbons (Fsp3) is 0.667. The van der Waals surface area contributed by atoms with Crippen LogP contribution < -0.4 is 5.32 Å². The molecule has 1 aromatic rings. The largest absolute Gasteiger partial charge is 0.356 e. The molecule has 0 saturated carbocycles. The SMILES string of the molecule is C=CCCCCCN(C)C(=NC)NCCCCn1ccnc1C. The molecular formula is C18H33N5. The van der Waals surface area contributed by atoms with Crippen molar-refractivity contribution in [3.8, 4) is 0 Å². The van der Waals surface area contributed by atoms with Gasteiger partial charge in [0.05, 0.1) is 0 Å². The fourth-order valence-electron chi connectivity index (χ4n) is 2.55. The van der Waals surface area contributed by atoms with Gasteiger partial charge in [0.2, 0.25) is 0 Å². The van der Waals surface area contributed by atoms with E-state index in [1.54, 1.807) is 0 Å². The molecule has 0 spiro atoms. The molecule has 0 aromatic carbocycles. The number of allylic oxidation sites excluding steroid dienone is 1. The zero-order chi connectivity index (χ0) is 16.9. The summed E-state index contributed by atoms with van der Waals surface area (Å²) in [5, 5.41) is 3.45. The third kappa shape index (κ3) is 7.86. The maximum Gasteiger partial charge on any atom is 0.193 e. The minimum atomic E-state index is 0.960. The van der Waals surface area contributed by atoms with Crippen LogP contribution in [0.5, 0.6) is 0 Å². The predicted octanol–water partition coefficient (Wildman–Crippen LogP) is 3.23. The lowest BCUT2D eigenvalue weighted by atomic mass is 10.2. The van der Waals surface area contributed by atoms with Crippen LogP contribution in [-0.2, 0) is 6.54 Å². The molecule has 5 heteroatoms. The third-order valence-corrected chi connectivity index (χ3v) is 4.01. The van der Waals surface area contributed by atoms with Crippen molar-refractivity contribution in [2.75, 3.05) is 27.2 Å². The number of imidazole rings is 1. The highest BCUT2D eigenvalue weighted by molar-refractivity contribution is 5.79. The Bertz CT molecular complexity index is 464. The molecule has 0 fully saturated rings. The van der Waals surface area contributed by atoms with Gasteiger partial charge in [-0.1, -0.05) is 12.5 Å². The van der Waals surface area contributed by atoms with Crippen molar-refractivity contribution in [3.05, 3.63) is 30.9 Å². The van der Waals surface area contributed by atoms with Crippen LogP contribution in [0.25, 0.3) is 0 Å². The molecule has 0 atom stereocenters. The van der Waals surface area contributed by atoms with E-state index in [1.807, 2.05) is 32.4 Å². The highest BCUT2D eigenvalue weighted by Crippen LogP contribution is 2.02. The van der Waals surface area contributed by atoms with Crippen LogP contribution in [0.3, 0.4) is 0 Å². The lowest BCUT2D eigenvalue weighted by Crippen LogP contribution is -2.39. The number of nitrogens with zero attached hydrogens (tertiary/aromatic N) is 4. The number of aryl methyl sites for hydroxylation is 2. The van der Waals surface area contributed by atoms with Gasteiger partial charge in [-0.05, 0) is 39.0 Å². The Balaban J connectivity index is 2.13. The van der Waals surface area contributed by atoms with Gasteiger partial charge in [0.25, 0.3) is 0 Å². The Kier molecular flexibility index (Phi) is 9.84. The third-order valence-electron chi connectivity index (χ3n) is 4.01. The zero-order valence-corrected chi connectivity index (χ0v) is 15.1. The molecule has 0 amide bonds. The van der Waals surface area contributed by atoms with Crippen LogP contribution in [0.1, 0.15) is 44.3 Å². The van der Waals surface area contributed by atoms with Gasteiger partial charge >= 0.3 is 0 Å². The van der Waals surface area contributed by atoms with Crippen LogP contribution in [0.15, 0.2) is 30.0 Å². The highest BCUT2D eigenvalue weighted by Gasteiger charge is 2.04. The summed E-state index contributed by atoms with van der Waals surface area (Å²) in [5.74, 6) is 2.08. The Morgan fingerprint density at radius 1 is 1.35 bits per heavy atom. The van der Waals surface area contributed by atoms with Gasteiger partial charge in [0.15, 0.2) is 5.96 Å². The van der Waals surface area contributed by atoms with Gasteiger partial charge in [0.1, 0.15) is 5.82 Å². The molecule has 0 radical (unpaired) electrons. The van der Waals surface area contributed by atoms with E-state index < -0.39 is 0 Å². The van der Waals surface area contributed by atoms with E-state index in [9.17, 15) is 0 Å². The summed E-state index contributed by atoms with van der Waals surface area (Å²) in [6.07, 6.45) is 13.0. The van der Waals surface area contributed by atoms with Crippen LogP contribution in [0, 0.1) is 6.92 Å². The lowest BCUT2D eigenvalue weighted by Gasteiger charge is -2.22. The second-order valence-electron chi connectivity index (χ2n) is 5.91. The van der Waals surface area contributed by atoms with Crippen molar-refractivity contribution in [2.24, 2.45) is 4.99 Å². The average Bonchev–Trinajstić information content (AvgIpc) is 2.95. The van der Waals surface area contributed by atoms with E-state index in [1.165, 1.54) is 19.3 Å². The van der Waals surface area contributed by atoms with Gasteiger partial charge in [0, 0.05) is 46.1 Å². The van der Waals surface area contributed by atoms with Crippen molar-refractivity contribution >= 4 is 5.96 Å². The van der Waals surface area contributed by atoms with Crippen LogP contribution in [-0.4, -0.2) is 47.6 Å². The molecule has 1 heterocycles. The molecule has 23 heavy (non-hydrogen) atoms. The lowest BCUT2D eigenvalue weighted by molar-refractivity contribution is 0.453. The number of aliphatic imine (C=N–C) groups is 1. The predicted molar refractivity (Wildman–Crippen MR) is 98.9 cm³/mol. The summed E-state index contributed by atoms with van der Waals surface area (Å²) in [6, 6.07) is 0. The number of rotatable bonds is 11. The van der Waals surface area contributed by atoms with Gasteiger partial charge in [-0.3, -0.25) is 4.99 Å². The van der Waals surface area contributed by atoms with Crippen LogP contribution in [0.4, 0.5) is 0 Å². The molecule has 130 valence electrons. The number of hydrogen-bond acceptors (Lipinski definition) is 2. The molecular weight excluding hydrogens is 286 g/mol. The van der Waals surface area contributed by atoms with Crippen molar-refractivity contribution in [2.45, 2.75) is 52.0 Å². The Morgan fingerprint density at radius 3 is 2.83 bits per heavy atom. The highest BCUT2D eigenvalue weighted by atomic mass is 15.3. The van der Waals surface area contributed by atoms with Gasteiger partial charge < -0.3 is 14.8 Å². The summed E-state index contributed by atoms with van der Waals surface area (Å²) in [5.41, 5.74) is 0. The van der Waals surface area contributed by atoms with Crippen molar-refractivity contribution in [1.29, 1.82) is 0 Å². The summed E-state index contributed by atoms with van der Waals surface area (Å²) < 4.78 is 2.20. The monoisotopic (exact) mass is 319 g/mol. The van der Waals surface area contributed by atoms with Gasteiger partial charge in [-0.25, -0.2) is 4.98 Å². The Labute approximate surface area is 141 Å². The first-order valence-electron chi connectivity index (χ1n) is 8.69. The normalized spacial score (nSPS) is 11.5. The smallest absolute Gasteiger partial charge is 0.193 e. The van der Waals surface area contributed by atoms with E-state index in [4.69, 9.17) is 0 Å². The second-order valence-corrected chi connectivity index (χ2v) is 5.91. The molecule has 0 bridgehead atoms. The van der Waals surface area contributed by atoms with E-state index >= 15 is 0 Å². The first-order chi connectivity index (χ1) is 11.2. The fourth-order valence-corrected chi connectivity index (χ4v) is 2.55. The number of hydrogen-bond donors (Lipinski definition) is 1. The zero-order valence-electron chi connectivity index (χ0n) is 15.1. The average molecular weight is 319 g/mol. The molecule has 0 aliphatic rings. The quantitative estimate of drug-likeness (QED) is 0.295. The Hall–Kier alpha value is -1.78. The van der Waals surface area contributed by atoms with Crippen molar-refractivity contribution in [1.82, 2.24) is 19.8 Å². The second kappa shape index (κ2) is 11.7. The number of guanidine groups is 1. The van der Waals surface area contributed by atoms with Crippen LogP contribution in [0.2, 0.25) is 0 Å². The van der Waals surface area contributed by atoms with Gasteiger partial charge in [-0.15, -0.1) is 6.58 Å². The summed E-state index contributed by atoms with van der Waals surface area (Å²) >= 11 is 0. The molecule has 1 rings (SSSR count). The van der Waals surface area contributed by atoms with E-state index in [0.717, 1.165) is 50.7 Å². The van der Waals surface area contributed by atoms with E-state index in [2.05, 4.69) is 38.4 Å². The molecule has 5 nitrogen and oxygen atoms in total. The number of aromatic nitrogens is 2. The van der Waals surface area contributed by atoms with Gasteiger partial charge in [-0.2, -0.15) is 0 Å². The minimum absolute atomic E-state index is 0.960. The molecule has 0 aliphatic heterocycles. The maximum atomic E-state index is 4.36. The van der Waals surface area contributed by atoms with Crippen LogP contribution >= 0.6 is 0 Å². The van der Waals surface area contributed by atoms with E-state index in [-0.39, 0.29) is 0 Å². The summed E-state index contributed by atoms with van der Waals surface area (Å²) in [6.45, 7) is 8.85. The number of nitrogens with one attached hydrogen (secondary N) is 1.